The van der Waals surface area contributed by atoms with Gasteiger partial charge in [-0.25, -0.2) is 4.98 Å². The number of rotatable bonds is 2. The number of nitrogens with zero attached hydrogens (tertiary/aromatic N) is 1. The molecule has 0 aliphatic carbocycles. The first-order valence-electron chi connectivity index (χ1n) is 5.07. The van der Waals surface area contributed by atoms with E-state index in [2.05, 4.69) is 26.2 Å². The molecule has 0 unspecified atom stereocenters. The molecule has 0 aliphatic rings. The summed E-state index contributed by atoms with van der Waals surface area (Å²) in [6.07, 6.45) is 0. The zero-order valence-corrected chi connectivity index (χ0v) is 11.0. The lowest BCUT2D eigenvalue weighted by Crippen LogP contribution is -2.12. The van der Waals surface area contributed by atoms with Crippen molar-refractivity contribution in [1.82, 2.24) is 4.98 Å². The average molecular weight is 295 g/mol. The van der Waals surface area contributed by atoms with Crippen LogP contribution in [0.4, 0.5) is 5.69 Å². The molecule has 0 aliphatic heterocycles. The third-order valence-corrected chi connectivity index (χ3v) is 2.74. The van der Waals surface area contributed by atoms with E-state index in [0.29, 0.717) is 17.3 Å². The Morgan fingerprint density at radius 2 is 1.94 bits per heavy atom. The third-order valence-electron chi connectivity index (χ3n) is 2.21. The number of oxazole rings is 1. The van der Waals surface area contributed by atoms with Gasteiger partial charge in [-0.1, -0.05) is 15.9 Å². The SMILES string of the molecule is Cc1nc(C)c(C(=O)Nc2ccc(Br)cc2)o1. The van der Waals surface area contributed by atoms with Crippen molar-refractivity contribution in [2.45, 2.75) is 13.8 Å². The summed E-state index contributed by atoms with van der Waals surface area (Å²) in [6, 6.07) is 7.32. The topological polar surface area (TPSA) is 55.1 Å². The summed E-state index contributed by atoms with van der Waals surface area (Å²) in [5.41, 5.74) is 1.31. The first kappa shape index (κ1) is 11.9. The highest BCUT2D eigenvalue weighted by Gasteiger charge is 2.15. The number of amides is 1. The molecule has 0 radical (unpaired) electrons. The van der Waals surface area contributed by atoms with E-state index in [-0.39, 0.29) is 11.7 Å². The Kier molecular flexibility index (Phi) is 3.28. The van der Waals surface area contributed by atoms with E-state index < -0.39 is 0 Å². The van der Waals surface area contributed by atoms with Gasteiger partial charge in [-0.15, -0.1) is 0 Å². The molecule has 0 spiro atoms. The minimum atomic E-state index is -0.287. The number of aromatic nitrogens is 1. The van der Waals surface area contributed by atoms with E-state index in [9.17, 15) is 4.79 Å². The van der Waals surface area contributed by atoms with Gasteiger partial charge in [0.05, 0.1) is 5.69 Å². The van der Waals surface area contributed by atoms with E-state index in [1.54, 1.807) is 26.0 Å². The van der Waals surface area contributed by atoms with Crippen molar-refractivity contribution in [3.8, 4) is 0 Å². The summed E-state index contributed by atoms with van der Waals surface area (Å²) in [5.74, 6) is 0.458. The van der Waals surface area contributed by atoms with Crippen LogP contribution in [0.1, 0.15) is 22.1 Å². The maximum absolute atomic E-state index is 11.9. The normalized spacial score (nSPS) is 10.3. The van der Waals surface area contributed by atoms with Crippen LogP contribution in [0.15, 0.2) is 33.2 Å². The number of halogens is 1. The number of nitrogens with one attached hydrogen (secondary N) is 1. The van der Waals surface area contributed by atoms with Gasteiger partial charge in [-0.05, 0) is 31.2 Å². The largest absolute Gasteiger partial charge is 0.436 e. The fourth-order valence-electron chi connectivity index (χ4n) is 1.46. The molecule has 2 aromatic rings. The molecule has 1 N–H and O–H groups in total. The molecule has 0 fully saturated rings. The molecule has 0 saturated carbocycles. The van der Waals surface area contributed by atoms with Gasteiger partial charge < -0.3 is 9.73 Å². The lowest BCUT2D eigenvalue weighted by atomic mass is 10.3. The molecule has 88 valence electrons. The zero-order chi connectivity index (χ0) is 12.4. The minimum absolute atomic E-state index is 0.255. The van der Waals surface area contributed by atoms with Gasteiger partial charge in [0.15, 0.2) is 5.89 Å². The molecule has 0 bridgehead atoms. The summed E-state index contributed by atoms with van der Waals surface area (Å²) in [7, 11) is 0. The van der Waals surface area contributed by atoms with Gasteiger partial charge in [-0.3, -0.25) is 4.79 Å². The summed E-state index contributed by atoms with van der Waals surface area (Å²) in [5, 5.41) is 2.75. The molecule has 2 rings (SSSR count). The summed E-state index contributed by atoms with van der Waals surface area (Å²) >= 11 is 3.33. The van der Waals surface area contributed by atoms with Gasteiger partial charge in [-0.2, -0.15) is 0 Å². The number of carbonyl (C=O) groups excluding carboxylic acids is 1. The maximum Gasteiger partial charge on any atom is 0.293 e. The number of carbonyl (C=O) groups is 1. The molecular formula is C12H11BrN2O2. The van der Waals surface area contributed by atoms with Gasteiger partial charge in [0.2, 0.25) is 5.76 Å². The molecule has 5 heteroatoms. The number of aryl methyl sites for hydroxylation is 2. The third kappa shape index (κ3) is 2.74. The number of hydrogen-bond acceptors (Lipinski definition) is 3. The van der Waals surface area contributed by atoms with Crippen molar-refractivity contribution in [2.75, 3.05) is 5.32 Å². The second-order valence-electron chi connectivity index (χ2n) is 3.61. The average Bonchev–Trinajstić information content (AvgIpc) is 2.61. The van der Waals surface area contributed by atoms with Gasteiger partial charge in [0.1, 0.15) is 0 Å². The number of hydrogen-bond donors (Lipinski definition) is 1. The van der Waals surface area contributed by atoms with E-state index in [4.69, 9.17) is 4.42 Å². The van der Waals surface area contributed by atoms with Crippen molar-refractivity contribution in [2.24, 2.45) is 0 Å². The number of anilines is 1. The van der Waals surface area contributed by atoms with Crippen LogP contribution < -0.4 is 5.32 Å². The van der Waals surface area contributed by atoms with Crippen molar-refractivity contribution in [1.29, 1.82) is 0 Å². The molecular weight excluding hydrogens is 284 g/mol. The molecule has 4 nitrogen and oxygen atoms in total. The Morgan fingerprint density at radius 1 is 1.29 bits per heavy atom. The Labute approximate surface area is 107 Å². The highest BCUT2D eigenvalue weighted by molar-refractivity contribution is 9.10. The smallest absolute Gasteiger partial charge is 0.293 e. The fourth-order valence-corrected chi connectivity index (χ4v) is 1.73. The predicted octanol–water partition coefficient (Wildman–Crippen LogP) is 3.31. The minimum Gasteiger partial charge on any atom is -0.436 e. The van der Waals surface area contributed by atoms with E-state index in [0.717, 1.165) is 4.47 Å². The Bertz CT molecular complexity index is 546. The van der Waals surface area contributed by atoms with Crippen molar-refractivity contribution < 1.29 is 9.21 Å². The fraction of sp³-hybridized carbons (Fsp3) is 0.167. The Balaban J connectivity index is 2.17. The standard InChI is InChI=1S/C12H11BrN2O2/c1-7-11(17-8(2)14-7)12(16)15-10-5-3-9(13)4-6-10/h3-6H,1-2H3,(H,15,16). The molecule has 1 heterocycles. The molecule has 1 aromatic carbocycles. The predicted molar refractivity (Wildman–Crippen MR) is 68.1 cm³/mol. The Morgan fingerprint density at radius 3 is 2.47 bits per heavy atom. The van der Waals surface area contributed by atoms with Crippen molar-refractivity contribution in [3.05, 3.63) is 46.1 Å². The first-order valence-corrected chi connectivity index (χ1v) is 5.86. The van der Waals surface area contributed by atoms with Crippen LogP contribution in [0.5, 0.6) is 0 Å². The van der Waals surface area contributed by atoms with E-state index in [1.165, 1.54) is 0 Å². The van der Waals surface area contributed by atoms with Crippen LogP contribution in [0.3, 0.4) is 0 Å². The molecule has 1 amide bonds. The van der Waals surface area contributed by atoms with Gasteiger partial charge in [0, 0.05) is 17.1 Å². The quantitative estimate of drug-likeness (QED) is 0.924. The van der Waals surface area contributed by atoms with Crippen LogP contribution in [0.2, 0.25) is 0 Å². The second kappa shape index (κ2) is 4.71. The van der Waals surface area contributed by atoms with Crippen LogP contribution in [-0.2, 0) is 0 Å². The first-order chi connectivity index (χ1) is 8.06. The van der Waals surface area contributed by atoms with Gasteiger partial charge in [0.25, 0.3) is 5.91 Å². The van der Waals surface area contributed by atoms with Crippen LogP contribution in [-0.4, -0.2) is 10.9 Å². The summed E-state index contributed by atoms with van der Waals surface area (Å²) in [6.45, 7) is 3.45. The molecule has 0 saturated heterocycles. The van der Waals surface area contributed by atoms with E-state index in [1.807, 2.05) is 12.1 Å². The molecule has 0 atom stereocenters. The molecule has 1 aromatic heterocycles. The van der Waals surface area contributed by atoms with Crippen molar-refractivity contribution >= 4 is 27.5 Å². The van der Waals surface area contributed by atoms with Gasteiger partial charge >= 0.3 is 0 Å². The van der Waals surface area contributed by atoms with Crippen LogP contribution in [0, 0.1) is 13.8 Å². The monoisotopic (exact) mass is 294 g/mol. The zero-order valence-electron chi connectivity index (χ0n) is 9.45. The maximum atomic E-state index is 11.9. The van der Waals surface area contributed by atoms with Crippen LogP contribution in [0.25, 0.3) is 0 Å². The number of benzene rings is 1. The highest BCUT2D eigenvalue weighted by Crippen LogP contribution is 2.16. The van der Waals surface area contributed by atoms with Crippen LogP contribution >= 0.6 is 15.9 Å². The van der Waals surface area contributed by atoms with Crippen molar-refractivity contribution in [3.63, 3.8) is 0 Å². The lowest BCUT2D eigenvalue weighted by molar-refractivity contribution is 0.0994. The highest BCUT2D eigenvalue weighted by atomic mass is 79.9. The second-order valence-corrected chi connectivity index (χ2v) is 4.52. The summed E-state index contributed by atoms with van der Waals surface area (Å²) < 4.78 is 6.20. The van der Waals surface area contributed by atoms with E-state index >= 15 is 0 Å². The lowest BCUT2D eigenvalue weighted by Gasteiger charge is -2.03. The summed E-state index contributed by atoms with van der Waals surface area (Å²) in [4.78, 5) is 15.9. The molecule has 17 heavy (non-hydrogen) atoms. The Hall–Kier alpha value is -1.62.